The summed E-state index contributed by atoms with van der Waals surface area (Å²) in [6, 6.07) is 1.91. The van der Waals surface area contributed by atoms with Gasteiger partial charge in [-0.1, -0.05) is 0 Å². The fraction of sp³-hybridized carbons (Fsp3) is 0.500. The summed E-state index contributed by atoms with van der Waals surface area (Å²) in [5.41, 5.74) is 1.44. The zero-order valence-corrected chi connectivity index (χ0v) is 9.39. The molecule has 0 spiro atoms. The van der Waals surface area contributed by atoms with Gasteiger partial charge in [-0.15, -0.1) is 5.10 Å². The van der Waals surface area contributed by atoms with E-state index in [-0.39, 0.29) is 17.9 Å². The summed E-state index contributed by atoms with van der Waals surface area (Å²) in [5.74, 6) is 0.0971. The highest BCUT2D eigenvalue weighted by Gasteiger charge is 2.26. The first-order valence-electron chi connectivity index (χ1n) is 4.89. The molecule has 0 unspecified atom stereocenters. The van der Waals surface area contributed by atoms with Crippen molar-refractivity contribution < 1.29 is 13.2 Å². The number of aryl methyl sites for hydroxylation is 1. The van der Waals surface area contributed by atoms with Crippen LogP contribution in [0.1, 0.15) is 23.2 Å². The molecule has 0 amide bonds. The molecule has 1 aromatic heterocycles. The molecule has 0 aromatic carbocycles. The van der Waals surface area contributed by atoms with E-state index < -0.39 is 12.6 Å². The van der Waals surface area contributed by atoms with Crippen LogP contribution in [0.25, 0.3) is 0 Å². The molecule has 1 aromatic rings. The Morgan fingerprint density at radius 1 is 1.29 bits per heavy atom. The average Bonchev–Trinajstić information content (AvgIpc) is 2.22. The quantitative estimate of drug-likeness (QED) is 0.886. The van der Waals surface area contributed by atoms with E-state index in [1.165, 1.54) is 0 Å². The Bertz CT molecular complexity index is 448. The fourth-order valence-electron chi connectivity index (χ4n) is 1.19. The molecule has 0 radical (unpaired) electrons. The maximum Gasteiger partial charge on any atom is 0.390 e. The molecule has 7 heteroatoms. The molecule has 0 bridgehead atoms. The highest BCUT2D eigenvalue weighted by atomic mass is 19.4. The van der Waals surface area contributed by atoms with Crippen molar-refractivity contribution in [2.24, 2.45) is 0 Å². The smallest absolute Gasteiger partial charge is 0.367 e. The predicted octanol–water partition coefficient (Wildman–Crippen LogP) is 2.33. The highest BCUT2D eigenvalue weighted by molar-refractivity contribution is 5.55. The summed E-state index contributed by atoms with van der Waals surface area (Å²) in [6.45, 7) is 3.04. The van der Waals surface area contributed by atoms with Crippen LogP contribution in [0, 0.1) is 25.2 Å². The van der Waals surface area contributed by atoms with Crippen LogP contribution >= 0.6 is 0 Å². The number of nitriles is 1. The molecule has 17 heavy (non-hydrogen) atoms. The molecule has 0 saturated heterocycles. The number of aromatic nitrogens is 2. The zero-order valence-electron chi connectivity index (χ0n) is 9.39. The van der Waals surface area contributed by atoms with Crippen LogP contribution in [0.3, 0.4) is 0 Å². The van der Waals surface area contributed by atoms with Crippen molar-refractivity contribution in [3.63, 3.8) is 0 Å². The largest absolute Gasteiger partial charge is 0.390 e. The summed E-state index contributed by atoms with van der Waals surface area (Å²) in [6.07, 6.45) is -5.21. The van der Waals surface area contributed by atoms with Gasteiger partial charge in [-0.25, -0.2) is 0 Å². The molecule has 1 heterocycles. The molecule has 1 rings (SSSR count). The second kappa shape index (κ2) is 4.99. The highest BCUT2D eigenvalue weighted by Crippen LogP contribution is 2.21. The molecule has 0 aliphatic carbocycles. The van der Waals surface area contributed by atoms with E-state index in [0.29, 0.717) is 11.3 Å². The van der Waals surface area contributed by atoms with E-state index in [1.807, 2.05) is 6.07 Å². The van der Waals surface area contributed by atoms with Crippen molar-refractivity contribution >= 4 is 5.82 Å². The normalized spacial score (nSPS) is 11.1. The molecule has 92 valence electrons. The first-order valence-corrected chi connectivity index (χ1v) is 4.89. The van der Waals surface area contributed by atoms with E-state index in [0.717, 1.165) is 0 Å². The van der Waals surface area contributed by atoms with Gasteiger partial charge in [0.05, 0.1) is 12.1 Å². The molecule has 0 aliphatic rings. The lowest BCUT2D eigenvalue weighted by Gasteiger charge is -2.10. The maximum absolute atomic E-state index is 11.9. The summed E-state index contributed by atoms with van der Waals surface area (Å²) < 4.78 is 35.8. The van der Waals surface area contributed by atoms with Crippen molar-refractivity contribution in [1.29, 1.82) is 5.26 Å². The number of alkyl halides is 3. The number of rotatable bonds is 3. The number of nitrogens with one attached hydrogen (secondary N) is 1. The van der Waals surface area contributed by atoms with Gasteiger partial charge in [-0.2, -0.15) is 23.5 Å². The Labute approximate surface area is 96.5 Å². The van der Waals surface area contributed by atoms with E-state index in [4.69, 9.17) is 5.26 Å². The Kier molecular flexibility index (Phi) is 3.89. The van der Waals surface area contributed by atoms with Crippen LogP contribution in [0.5, 0.6) is 0 Å². The van der Waals surface area contributed by atoms with Crippen molar-refractivity contribution in [3.8, 4) is 6.07 Å². The van der Waals surface area contributed by atoms with E-state index in [2.05, 4.69) is 15.5 Å². The molecule has 0 aliphatic heterocycles. The molecular weight excluding hydrogens is 233 g/mol. The van der Waals surface area contributed by atoms with Crippen LogP contribution in [0.2, 0.25) is 0 Å². The van der Waals surface area contributed by atoms with Crippen LogP contribution in [0.15, 0.2) is 0 Å². The summed E-state index contributed by atoms with van der Waals surface area (Å²) in [5, 5.41) is 18.8. The molecular formula is C10H11F3N4. The average molecular weight is 244 g/mol. The topological polar surface area (TPSA) is 61.6 Å². The Morgan fingerprint density at radius 3 is 2.47 bits per heavy atom. The van der Waals surface area contributed by atoms with Crippen LogP contribution < -0.4 is 5.32 Å². The van der Waals surface area contributed by atoms with Crippen molar-refractivity contribution in [3.05, 3.63) is 16.8 Å². The van der Waals surface area contributed by atoms with Crippen LogP contribution in [-0.4, -0.2) is 22.9 Å². The van der Waals surface area contributed by atoms with E-state index >= 15 is 0 Å². The standard InChI is InChI=1S/C10H11F3N4/c1-6-7(2)16-17-9(8(6)5-14)15-4-3-10(11,12)13/h3-4H2,1-2H3,(H,15,17). The number of nitrogens with zero attached hydrogens (tertiary/aromatic N) is 3. The summed E-state index contributed by atoms with van der Waals surface area (Å²) >= 11 is 0. The Morgan fingerprint density at radius 2 is 1.94 bits per heavy atom. The first-order chi connectivity index (χ1) is 7.85. The van der Waals surface area contributed by atoms with Gasteiger partial charge in [0, 0.05) is 6.54 Å². The molecule has 4 nitrogen and oxygen atoms in total. The van der Waals surface area contributed by atoms with Gasteiger partial charge in [0.2, 0.25) is 0 Å². The number of halogens is 3. The first kappa shape index (κ1) is 13.2. The van der Waals surface area contributed by atoms with Gasteiger partial charge >= 0.3 is 6.18 Å². The van der Waals surface area contributed by atoms with Gasteiger partial charge in [-0.05, 0) is 19.4 Å². The van der Waals surface area contributed by atoms with Crippen molar-refractivity contribution in [2.45, 2.75) is 26.4 Å². The van der Waals surface area contributed by atoms with Gasteiger partial charge in [0.25, 0.3) is 0 Å². The second-order valence-corrected chi connectivity index (χ2v) is 3.54. The minimum Gasteiger partial charge on any atom is -0.367 e. The maximum atomic E-state index is 11.9. The van der Waals surface area contributed by atoms with Crippen molar-refractivity contribution in [1.82, 2.24) is 10.2 Å². The minimum absolute atomic E-state index is 0.0971. The minimum atomic E-state index is -4.23. The van der Waals surface area contributed by atoms with Gasteiger partial charge in [0.15, 0.2) is 5.82 Å². The third-order valence-corrected chi connectivity index (χ3v) is 2.27. The fourth-order valence-corrected chi connectivity index (χ4v) is 1.19. The third-order valence-electron chi connectivity index (χ3n) is 2.27. The van der Waals surface area contributed by atoms with E-state index in [9.17, 15) is 13.2 Å². The second-order valence-electron chi connectivity index (χ2n) is 3.54. The number of anilines is 1. The predicted molar refractivity (Wildman–Crippen MR) is 55.4 cm³/mol. The Hall–Kier alpha value is -1.84. The lowest BCUT2D eigenvalue weighted by molar-refractivity contribution is -0.131. The van der Waals surface area contributed by atoms with E-state index in [1.54, 1.807) is 13.8 Å². The van der Waals surface area contributed by atoms with Crippen LogP contribution in [-0.2, 0) is 0 Å². The molecule has 0 fully saturated rings. The molecule has 0 saturated carbocycles. The lowest BCUT2D eigenvalue weighted by atomic mass is 10.1. The van der Waals surface area contributed by atoms with Gasteiger partial charge in [0.1, 0.15) is 11.6 Å². The summed E-state index contributed by atoms with van der Waals surface area (Å²) in [7, 11) is 0. The molecule has 1 N–H and O–H groups in total. The monoisotopic (exact) mass is 244 g/mol. The lowest BCUT2D eigenvalue weighted by Crippen LogP contribution is -2.16. The summed E-state index contributed by atoms with van der Waals surface area (Å²) in [4.78, 5) is 0. The van der Waals surface area contributed by atoms with Gasteiger partial charge in [-0.3, -0.25) is 0 Å². The Balaban J connectivity index is 2.79. The zero-order chi connectivity index (χ0) is 13.1. The third kappa shape index (κ3) is 3.59. The number of hydrogen-bond acceptors (Lipinski definition) is 4. The van der Waals surface area contributed by atoms with Crippen LogP contribution in [0.4, 0.5) is 19.0 Å². The number of hydrogen-bond donors (Lipinski definition) is 1. The van der Waals surface area contributed by atoms with Crippen molar-refractivity contribution in [2.75, 3.05) is 11.9 Å². The SMILES string of the molecule is Cc1nnc(NCCC(F)(F)F)c(C#N)c1C. The molecule has 0 atom stereocenters. The van der Waals surface area contributed by atoms with Gasteiger partial charge < -0.3 is 5.32 Å².